The molecule has 184 valence electrons. The number of aromatic nitrogens is 2. The Bertz CT molecular complexity index is 790. The van der Waals surface area contributed by atoms with Gasteiger partial charge in [-0.25, -0.2) is 18.7 Å². The maximum absolute atomic E-state index is 14.5. The van der Waals surface area contributed by atoms with Crippen molar-refractivity contribution in [3.8, 4) is 22.9 Å². The van der Waals surface area contributed by atoms with Crippen LogP contribution in [0.25, 0.3) is 11.4 Å². The van der Waals surface area contributed by atoms with E-state index in [0.29, 0.717) is 30.9 Å². The van der Waals surface area contributed by atoms with Crippen LogP contribution in [0.1, 0.15) is 78.1 Å². The van der Waals surface area contributed by atoms with Crippen LogP contribution in [0.15, 0.2) is 30.6 Å². The van der Waals surface area contributed by atoms with Crippen molar-refractivity contribution in [2.45, 2.75) is 90.3 Å². The maximum Gasteiger partial charge on any atom is 0.162 e. The number of ether oxygens (including phenoxy) is 2. The summed E-state index contributed by atoms with van der Waals surface area (Å²) in [7, 11) is 0. The zero-order chi connectivity index (χ0) is 23.9. The molecular formula is C26H38F2N2O3. The molecular weight excluding hydrogens is 426 g/mol. The topological polar surface area (TPSA) is 64.5 Å². The van der Waals surface area contributed by atoms with Gasteiger partial charge in [0, 0.05) is 6.07 Å². The van der Waals surface area contributed by atoms with Gasteiger partial charge in [-0.05, 0) is 37.8 Å². The lowest BCUT2D eigenvalue weighted by Crippen LogP contribution is -2.16. The standard InChI is InChI=1S/C26H38F2N2O3/c1-3-5-6-7-8-9-15-32-22-13-14-24(25(28)16-22)26-29-17-23(18-30-26)33-19-20(27)11-12-21(31)10-4-2/h13-14,16-18,20-21,31H,3-12,15,19H2,1-2H3. The summed E-state index contributed by atoms with van der Waals surface area (Å²) in [4.78, 5) is 8.30. The number of hydrogen-bond acceptors (Lipinski definition) is 5. The van der Waals surface area contributed by atoms with Gasteiger partial charge in [0.2, 0.25) is 0 Å². The number of nitrogens with zero attached hydrogens (tertiary/aromatic N) is 2. The zero-order valence-corrected chi connectivity index (χ0v) is 19.9. The smallest absolute Gasteiger partial charge is 0.162 e. The van der Waals surface area contributed by atoms with Gasteiger partial charge >= 0.3 is 0 Å². The fourth-order valence-electron chi connectivity index (χ4n) is 3.49. The van der Waals surface area contributed by atoms with Gasteiger partial charge < -0.3 is 14.6 Å². The maximum atomic E-state index is 14.5. The minimum absolute atomic E-state index is 0.138. The second-order valence-electron chi connectivity index (χ2n) is 8.43. The molecule has 5 nitrogen and oxygen atoms in total. The minimum atomic E-state index is -1.18. The third kappa shape index (κ3) is 10.5. The Morgan fingerprint density at radius 2 is 1.61 bits per heavy atom. The van der Waals surface area contributed by atoms with Gasteiger partial charge in [0.15, 0.2) is 11.6 Å². The highest BCUT2D eigenvalue weighted by atomic mass is 19.1. The predicted octanol–water partition coefficient (Wildman–Crippen LogP) is 6.68. The van der Waals surface area contributed by atoms with Crippen molar-refractivity contribution in [3.63, 3.8) is 0 Å². The van der Waals surface area contributed by atoms with Crippen molar-refractivity contribution in [3.05, 3.63) is 36.4 Å². The Morgan fingerprint density at radius 3 is 2.30 bits per heavy atom. The van der Waals surface area contributed by atoms with E-state index in [1.165, 1.54) is 44.1 Å². The first-order valence-electron chi connectivity index (χ1n) is 12.2. The van der Waals surface area contributed by atoms with Crippen molar-refractivity contribution >= 4 is 0 Å². The molecule has 0 aliphatic rings. The molecule has 0 aliphatic carbocycles. The normalized spacial score (nSPS) is 13.0. The fraction of sp³-hybridized carbons (Fsp3) is 0.615. The molecule has 1 aromatic heterocycles. The van der Waals surface area contributed by atoms with Crippen molar-refractivity contribution in [2.75, 3.05) is 13.2 Å². The van der Waals surface area contributed by atoms with Crippen LogP contribution in [-0.4, -0.2) is 40.6 Å². The molecule has 33 heavy (non-hydrogen) atoms. The SMILES string of the molecule is CCCCCCCCOc1ccc(-c2ncc(OCC(F)CCC(O)CCC)cn2)c(F)c1. The van der Waals surface area contributed by atoms with Crippen LogP contribution in [0, 0.1) is 5.82 Å². The Labute approximate surface area is 196 Å². The third-order valence-electron chi connectivity index (χ3n) is 5.44. The molecule has 0 saturated heterocycles. The van der Waals surface area contributed by atoms with Crippen LogP contribution >= 0.6 is 0 Å². The van der Waals surface area contributed by atoms with Crippen molar-refractivity contribution < 1.29 is 23.4 Å². The molecule has 0 fully saturated rings. The molecule has 2 atom stereocenters. The van der Waals surface area contributed by atoms with Crippen molar-refractivity contribution in [1.82, 2.24) is 9.97 Å². The van der Waals surface area contributed by atoms with Gasteiger partial charge in [-0.1, -0.05) is 52.4 Å². The van der Waals surface area contributed by atoms with Gasteiger partial charge in [-0.15, -0.1) is 0 Å². The van der Waals surface area contributed by atoms with Crippen LogP contribution in [-0.2, 0) is 0 Å². The number of benzene rings is 1. The summed E-state index contributed by atoms with van der Waals surface area (Å²) in [6, 6.07) is 4.66. The van der Waals surface area contributed by atoms with Gasteiger partial charge in [-0.3, -0.25) is 0 Å². The number of alkyl halides is 1. The minimum Gasteiger partial charge on any atom is -0.493 e. The molecule has 2 unspecified atom stereocenters. The molecule has 0 radical (unpaired) electrons. The first-order chi connectivity index (χ1) is 16.0. The molecule has 1 N–H and O–H groups in total. The molecule has 1 heterocycles. The van der Waals surface area contributed by atoms with E-state index in [0.717, 1.165) is 19.3 Å². The Kier molecular flexibility index (Phi) is 12.7. The monoisotopic (exact) mass is 464 g/mol. The van der Waals surface area contributed by atoms with Gasteiger partial charge in [0.25, 0.3) is 0 Å². The number of aliphatic hydroxyl groups is 1. The Balaban J connectivity index is 1.77. The first kappa shape index (κ1) is 27.0. The highest BCUT2D eigenvalue weighted by molar-refractivity contribution is 5.57. The molecule has 0 saturated carbocycles. The van der Waals surface area contributed by atoms with E-state index in [1.54, 1.807) is 12.1 Å². The Morgan fingerprint density at radius 1 is 0.879 bits per heavy atom. The molecule has 7 heteroatoms. The average Bonchev–Trinajstić information content (AvgIpc) is 2.81. The Hall–Kier alpha value is -2.28. The molecule has 2 aromatic rings. The molecule has 1 aromatic carbocycles. The lowest BCUT2D eigenvalue weighted by atomic mass is 10.1. The van der Waals surface area contributed by atoms with Gasteiger partial charge in [-0.2, -0.15) is 0 Å². The highest BCUT2D eigenvalue weighted by Crippen LogP contribution is 2.25. The van der Waals surface area contributed by atoms with E-state index in [-0.39, 0.29) is 24.4 Å². The van der Waals surface area contributed by atoms with Crippen molar-refractivity contribution in [2.24, 2.45) is 0 Å². The van der Waals surface area contributed by atoms with Crippen molar-refractivity contribution in [1.29, 1.82) is 0 Å². The van der Waals surface area contributed by atoms with Crippen LogP contribution in [0.4, 0.5) is 8.78 Å². The quantitative estimate of drug-likeness (QED) is 0.265. The second-order valence-corrected chi connectivity index (χ2v) is 8.43. The molecule has 0 amide bonds. The number of halogens is 2. The second kappa shape index (κ2) is 15.5. The highest BCUT2D eigenvalue weighted by Gasteiger charge is 2.13. The summed E-state index contributed by atoms with van der Waals surface area (Å²) >= 11 is 0. The van der Waals surface area contributed by atoms with E-state index in [2.05, 4.69) is 16.9 Å². The van der Waals surface area contributed by atoms with E-state index < -0.39 is 18.1 Å². The van der Waals surface area contributed by atoms with E-state index in [1.807, 2.05) is 6.92 Å². The zero-order valence-electron chi connectivity index (χ0n) is 19.9. The van der Waals surface area contributed by atoms with E-state index in [4.69, 9.17) is 9.47 Å². The number of unbranched alkanes of at least 4 members (excludes halogenated alkanes) is 5. The lowest BCUT2D eigenvalue weighted by Gasteiger charge is -2.13. The van der Waals surface area contributed by atoms with Crippen LogP contribution in [0.5, 0.6) is 11.5 Å². The average molecular weight is 465 g/mol. The summed E-state index contributed by atoms with van der Waals surface area (Å²) in [6.07, 6.45) is 10.4. The number of hydrogen-bond donors (Lipinski definition) is 1. The molecule has 2 rings (SSSR count). The van der Waals surface area contributed by atoms with E-state index in [9.17, 15) is 13.9 Å². The molecule has 0 aliphatic heterocycles. The predicted molar refractivity (Wildman–Crippen MR) is 127 cm³/mol. The van der Waals surface area contributed by atoms with Gasteiger partial charge in [0.05, 0.1) is 30.7 Å². The first-order valence-corrected chi connectivity index (χ1v) is 12.2. The van der Waals surface area contributed by atoms with Crippen LogP contribution in [0.2, 0.25) is 0 Å². The van der Waals surface area contributed by atoms with Crippen LogP contribution < -0.4 is 9.47 Å². The summed E-state index contributed by atoms with van der Waals surface area (Å²) in [5.41, 5.74) is 0.266. The largest absolute Gasteiger partial charge is 0.493 e. The summed E-state index contributed by atoms with van der Waals surface area (Å²) in [5, 5.41) is 9.69. The number of rotatable bonds is 17. The summed E-state index contributed by atoms with van der Waals surface area (Å²) in [6.45, 7) is 4.61. The summed E-state index contributed by atoms with van der Waals surface area (Å²) < 4.78 is 39.6. The van der Waals surface area contributed by atoms with Crippen LogP contribution in [0.3, 0.4) is 0 Å². The fourth-order valence-corrected chi connectivity index (χ4v) is 3.49. The lowest BCUT2D eigenvalue weighted by molar-refractivity contribution is 0.122. The third-order valence-corrected chi connectivity index (χ3v) is 5.44. The number of aliphatic hydroxyl groups excluding tert-OH is 1. The van der Waals surface area contributed by atoms with E-state index >= 15 is 0 Å². The summed E-state index contributed by atoms with van der Waals surface area (Å²) in [5.74, 6) is 0.568. The molecule has 0 spiro atoms. The molecule has 0 bridgehead atoms. The van der Waals surface area contributed by atoms with Gasteiger partial charge in [0.1, 0.15) is 24.3 Å².